The molecule has 17 heavy (non-hydrogen) atoms. The van der Waals surface area contributed by atoms with Crippen LogP contribution in [0.15, 0.2) is 18.2 Å². The molecule has 0 aliphatic heterocycles. The molecule has 0 aliphatic carbocycles. The third kappa shape index (κ3) is 4.10. The minimum atomic E-state index is -0.206. The lowest BCUT2D eigenvalue weighted by atomic mass is 10.1. The summed E-state index contributed by atoms with van der Waals surface area (Å²) >= 11 is 0. The van der Waals surface area contributed by atoms with Gasteiger partial charge in [0.1, 0.15) is 6.04 Å². The molecule has 1 amide bonds. The molecular weight excluding hydrogens is 212 g/mol. The molecule has 0 spiro atoms. The summed E-state index contributed by atoms with van der Waals surface area (Å²) in [5, 5.41) is 6.13. The Kier molecular flexibility index (Phi) is 5.01. The van der Waals surface area contributed by atoms with Gasteiger partial charge in [0, 0.05) is 12.2 Å². The van der Waals surface area contributed by atoms with Crippen LogP contribution in [0.2, 0.25) is 0 Å². The van der Waals surface area contributed by atoms with Gasteiger partial charge in [-0.2, -0.15) is 0 Å². The second kappa shape index (κ2) is 6.28. The van der Waals surface area contributed by atoms with Gasteiger partial charge in [0.05, 0.1) is 0 Å². The Hall–Kier alpha value is -1.51. The van der Waals surface area contributed by atoms with Gasteiger partial charge < -0.3 is 10.6 Å². The van der Waals surface area contributed by atoms with E-state index in [2.05, 4.69) is 28.8 Å². The van der Waals surface area contributed by atoms with Gasteiger partial charge in [-0.1, -0.05) is 19.1 Å². The molecule has 0 aliphatic rings. The zero-order valence-corrected chi connectivity index (χ0v) is 11.1. The molecule has 0 heterocycles. The Labute approximate surface area is 104 Å². The molecule has 3 heteroatoms. The third-order valence-corrected chi connectivity index (χ3v) is 2.71. The second-order valence-corrected chi connectivity index (χ2v) is 4.48. The van der Waals surface area contributed by atoms with Crippen LogP contribution in [-0.2, 0) is 4.79 Å². The summed E-state index contributed by atoms with van der Waals surface area (Å²) in [7, 11) is 0. The van der Waals surface area contributed by atoms with Crippen molar-refractivity contribution >= 4 is 11.6 Å². The van der Waals surface area contributed by atoms with E-state index in [9.17, 15) is 4.79 Å². The highest BCUT2D eigenvalue weighted by molar-refractivity contribution is 5.84. The summed E-state index contributed by atoms with van der Waals surface area (Å²) in [5.41, 5.74) is 3.38. The van der Waals surface area contributed by atoms with Crippen LogP contribution in [0.25, 0.3) is 0 Å². The topological polar surface area (TPSA) is 41.1 Å². The van der Waals surface area contributed by atoms with E-state index in [0.717, 1.165) is 24.2 Å². The van der Waals surface area contributed by atoms with E-state index in [0.29, 0.717) is 0 Å². The van der Waals surface area contributed by atoms with Crippen molar-refractivity contribution in [2.45, 2.75) is 40.2 Å². The summed E-state index contributed by atoms with van der Waals surface area (Å²) < 4.78 is 0. The molecule has 0 fully saturated rings. The number of carbonyl (C=O) groups excluding carboxylic acids is 1. The Morgan fingerprint density at radius 1 is 1.35 bits per heavy atom. The molecule has 3 nitrogen and oxygen atoms in total. The van der Waals surface area contributed by atoms with Crippen molar-refractivity contribution in [2.75, 3.05) is 11.9 Å². The van der Waals surface area contributed by atoms with Crippen LogP contribution >= 0.6 is 0 Å². The molecule has 0 radical (unpaired) electrons. The van der Waals surface area contributed by atoms with Crippen LogP contribution < -0.4 is 10.6 Å². The fourth-order valence-electron chi connectivity index (χ4n) is 1.59. The standard InChI is InChI=1S/C14H22N2O/c1-5-8-15-14(17)12(4)16-13-9-10(2)6-7-11(13)3/h6-7,9,12,16H,5,8H2,1-4H3,(H,15,17). The van der Waals surface area contributed by atoms with Gasteiger partial charge in [0.15, 0.2) is 0 Å². The molecule has 0 saturated carbocycles. The minimum Gasteiger partial charge on any atom is -0.374 e. The zero-order valence-electron chi connectivity index (χ0n) is 11.1. The number of amides is 1. The van der Waals surface area contributed by atoms with Crippen LogP contribution in [0, 0.1) is 13.8 Å². The van der Waals surface area contributed by atoms with Crippen LogP contribution in [0.4, 0.5) is 5.69 Å². The molecule has 94 valence electrons. The first-order valence-electron chi connectivity index (χ1n) is 6.16. The second-order valence-electron chi connectivity index (χ2n) is 4.48. The molecule has 0 aromatic heterocycles. The van der Waals surface area contributed by atoms with E-state index in [-0.39, 0.29) is 11.9 Å². The number of nitrogens with one attached hydrogen (secondary N) is 2. The van der Waals surface area contributed by atoms with Crippen LogP contribution in [0.5, 0.6) is 0 Å². The number of aryl methyl sites for hydroxylation is 2. The largest absolute Gasteiger partial charge is 0.374 e. The van der Waals surface area contributed by atoms with E-state index < -0.39 is 0 Å². The predicted molar refractivity (Wildman–Crippen MR) is 72.3 cm³/mol. The van der Waals surface area contributed by atoms with Crippen molar-refractivity contribution in [3.63, 3.8) is 0 Å². The maximum atomic E-state index is 11.7. The summed E-state index contributed by atoms with van der Waals surface area (Å²) in [6.45, 7) is 8.75. The normalized spacial score (nSPS) is 12.0. The Balaban J connectivity index is 2.64. The lowest BCUT2D eigenvalue weighted by molar-refractivity contribution is -0.121. The Bertz CT molecular complexity index is 388. The first-order valence-corrected chi connectivity index (χ1v) is 6.16. The molecule has 0 bridgehead atoms. The van der Waals surface area contributed by atoms with E-state index in [1.807, 2.05) is 27.7 Å². The van der Waals surface area contributed by atoms with Crippen LogP contribution in [0.1, 0.15) is 31.4 Å². The summed E-state index contributed by atoms with van der Waals surface area (Å²) in [5.74, 6) is 0.0488. The summed E-state index contributed by atoms with van der Waals surface area (Å²) in [6, 6.07) is 6.00. The number of anilines is 1. The first kappa shape index (κ1) is 13.6. The average molecular weight is 234 g/mol. The number of hydrogen-bond donors (Lipinski definition) is 2. The van der Waals surface area contributed by atoms with E-state index in [1.165, 1.54) is 5.56 Å². The number of benzene rings is 1. The Morgan fingerprint density at radius 2 is 2.06 bits per heavy atom. The number of hydrogen-bond acceptors (Lipinski definition) is 2. The lowest BCUT2D eigenvalue weighted by Crippen LogP contribution is -2.38. The molecule has 2 N–H and O–H groups in total. The van der Waals surface area contributed by atoms with Crippen molar-refractivity contribution in [2.24, 2.45) is 0 Å². The van der Waals surface area contributed by atoms with Crippen molar-refractivity contribution in [1.82, 2.24) is 5.32 Å². The van der Waals surface area contributed by atoms with Crippen molar-refractivity contribution in [3.05, 3.63) is 29.3 Å². The van der Waals surface area contributed by atoms with E-state index in [4.69, 9.17) is 0 Å². The van der Waals surface area contributed by atoms with Gasteiger partial charge in [-0.25, -0.2) is 0 Å². The SMILES string of the molecule is CCCNC(=O)C(C)Nc1cc(C)ccc1C. The lowest BCUT2D eigenvalue weighted by Gasteiger charge is -2.17. The average Bonchev–Trinajstić information content (AvgIpc) is 2.30. The molecular formula is C14H22N2O. The summed E-state index contributed by atoms with van der Waals surface area (Å²) in [4.78, 5) is 11.7. The monoisotopic (exact) mass is 234 g/mol. The highest BCUT2D eigenvalue weighted by atomic mass is 16.2. The van der Waals surface area contributed by atoms with Crippen LogP contribution in [-0.4, -0.2) is 18.5 Å². The highest BCUT2D eigenvalue weighted by Crippen LogP contribution is 2.17. The van der Waals surface area contributed by atoms with Gasteiger partial charge in [-0.05, 0) is 44.4 Å². The molecule has 1 atom stereocenters. The molecule has 1 aromatic rings. The van der Waals surface area contributed by atoms with E-state index >= 15 is 0 Å². The number of rotatable bonds is 5. The van der Waals surface area contributed by atoms with Gasteiger partial charge in [0.25, 0.3) is 0 Å². The molecule has 0 saturated heterocycles. The maximum Gasteiger partial charge on any atom is 0.242 e. The summed E-state index contributed by atoms with van der Waals surface area (Å²) in [6.07, 6.45) is 0.960. The minimum absolute atomic E-state index is 0.0488. The smallest absolute Gasteiger partial charge is 0.242 e. The number of carbonyl (C=O) groups is 1. The molecule has 1 aromatic carbocycles. The quantitative estimate of drug-likeness (QED) is 0.822. The molecule has 1 rings (SSSR count). The Morgan fingerprint density at radius 3 is 2.71 bits per heavy atom. The van der Waals surface area contributed by atoms with Gasteiger partial charge in [-0.3, -0.25) is 4.79 Å². The molecule has 1 unspecified atom stereocenters. The van der Waals surface area contributed by atoms with Gasteiger partial charge in [-0.15, -0.1) is 0 Å². The zero-order chi connectivity index (χ0) is 12.8. The highest BCUT2D eigenvalue weighted by Gasteiger charge is 2.12. The van der Waals surface area contributed by atoms with Crippen molar-refractivity contribution in [3.8, 4) is 0 Å². The van der Waals surface area contributed by atoms with Crippen LogP contribution in [0.3, 0.4) is 0 Å². The van der Waals surface area contributed by atoms with E-state index in [1.54, 1.807) is 0 Å². The van der Waals surface area contributed by atoms with Gasteiger partial charge >= 0.3 is 0 Å². The fraction of sp³-hybridized carbons (Fsp3) is 0.500. The van der Waals surface area contributed by atoms with Gasteiger partial charge in [0.2, 0.25) is 5.91 Å². The maximum absolute atomic E-state index is 11.7. The third-order valence-electron chi connectivity index (χ3n) is 2.71. The van der Waals surface area contributed by atoms with Crippen molar-refractivity contribution in [1.29, 1.82) is 0 Å². The fourth-order valence-corrected chi connectivity index (χ4v) is 1.59. The predicted octanol–water partition coefficient (Wildman–Crippen LogP) is 2.63. The first-order chi connectivity index (χ1) is 8.04. The van der Waals surface area contributed by atoms with Crippen molar-refractivity contribution < 1.29 is 4.79 Å².